The van der Waals surface area contributed by atoms with Gasteiger partial charge in [-0.2, -0.15) is 0 Å². The molecule has 0 spiro atoms. The number of nitrogens with zero attached hydrogens (tertiary/aromatic N) is 2. The molecule has 20 heavy (non-hydrogen) atoms. The van der Waals surface area contributed by atoms with E-state index in [2.05, 4.69) is 11.5 Å². The van der Waals surface area contributed by atoms with Gasteiger partial charge in [0.25, 0.3) is 0 Å². The monoisotopic (exact) mass is 290 g/mol. The van der Waals surface area contributed by atoms with Crippen LogP contribution in [0.25, 0.3) is 0 Å². The second kappa shape index (κ2) is 10.0. The van der Waals surface area contributed by atoms with Gasteiger partial charge in [0.1, 0.15) is 0 Å². The van der Waals surface area contributed by atoms with Crippen LogP contribution in [0.2, 0.25) is 0 Å². The lowest BCUT2D eigenvalue weighted by Gasteiger charge is -2.27. The first-order chi connectivity index (χ1) is 9.40. The predicted octanol–water partition coefficient (Wildman–Crippen LogP) is 0.521. The van der Waals surface area contributed by atoms with Crippen LogP contribution in [0, 0.1) is 0 Å². The molecular weight excluding hydrogens is 268 g/mol. The summed E-state index contributed by atoms with van der Waals surface area (Å²) in [4.78, 5) is 28.3. The Morgan fingerprint density at radius 1 is 1.10 bits per heavy atom. The van der Waals surface area contributed by atoms with Crippen molar-refractivity contribution >= 4 is 11.9 Å². The molecule has 0 radical (unpaired) electrons. The largest absolute Gasteiger partial charge is 0.480 e. The topological polar surface area (TPSA) is 111 Å². The Bertz CT molecular complexity index is 318. The third-order valence-corrected chi connectivity index (χ3v) is 2.64. The highest BCUT2D eigenvalue weighted by Gasteiger charge is 2.16. The molecule has 0 rings (SSSR count). The molecule has 3 N–H and O–H groups in total. The molecule has 0 bridgehead atoms. The zero-order valence-corrected chi connectivity index (χ0v) is 11.6. The van der Waals surface area contributed by atoms with Gasteiger partial charge in [0.05, 0.1) is 13.1 Å². The molecule has 8 heteroatoms. The summed E-state index contributed by atoms with van der Waals surface area (Å²) in [6, 6.07) is 0. The second-order valence-electron chi connectivity index (χ2n) is 4.32. The average Bonchev–Trinajstić information content (AvgIpc) is 2.36. The highest BCUT2D eigenvalue weighted by atomic mass is 17.1. The second-order valence-corrected chi connectivity index (χ2v) is 4.32. The van der Waals surface area contributed by atoms with E-state index >= 15 is 0 Å². The molecule has 0 aliphatic rings. The maximum Gasteiger partial charge on any atom is 0.317 e. The zero-order chi connectivity index (χ0) is 15.5. The minimum Gasteiger partial charge on any atom is -0.480 e. The Morgan fingerprint density at radius 2 is 1.65 bits per heavy atom. The summed E-state index contributed by atoms with van der Waals surface area (Å²) in [5, 5.41) is 26.1. The molecular formula is C12H22N2O6. The minimum absolute atomic E-state index is 0.0593. The van der Waals surface area contributed by atoms with Crippen LogP contribution >= 0.6 is 0 Å². The maximum absolute atomic E-state index is 10.7. The highest BCUT2D eigenvalue weighted by molar-refractivity contribution is 5.72. The fourth-order valence-electron chi connectivity index (χ4n) is 1.63. The zero-order valence-electron chi connectivity index (χ0n) is 11.6. The van der Waals surface area contributed by atoms with Crippen molar-refractivity contribution in [1.29, 1.82) is 0 Å². The molecule has 8 nitrogen and oxygen atoms in total. The van der Waals surface area contributed by atoms with Gasteiger partial charge in [-0.25, -0.2) is 5.26 Å². The SMILES string of the molecule is C=C(OO)N(CCCC)CCN(CC(=O)O)CC(=O)O. The molecule has 0 aromatic carbocycles. The summed E-state index contributed by atoms with van der Waals surface area (Å²) in [5.41, 5.74) is 0. The van der Waals surface area contributed by atoms with Crippen LogP contribution in [0.5, 0.6) is 0 Å². The van der Waals surface area contributed by atoms with Gasteiger partial charge in [-0.05, 0) is 13.0 Å². The minimum atomic E-state index is -1.09. The summed E-state index contributed by atoms with van der Waals surface area (Å²) >= 11 is 0. The Morgan fingerprint density at radius 3 is 2.05 bits per heavy atom. The number of rotatable bonds is 12. The smallest absolute Gasteiger partial charge is 0.317 e. The van der Waals surface area contributed by atoms with Crippen molar-refractivity contribution in [3.63, 3.8) is 0 Å². The molecule has 0 saturated carbocycles. The van der Waals surface area contributed by atoms with Gasteiger partial charge < -0.3 is 20.0 Å². The number of aliphatic carboxylic acids is 2. The first kappa shape index (κ1) is 18.2. The van der Waals surface area contributed by atoms with Crippen molar-refractivity contribution < 1.29 is 29.9 Å². The average molecular weight is 290 g/mol. The first-order valence-corrected chi connectivity index (χ1v) is 6.31. The summed E-state index contributed by atoms with van der Waals surface area (Å²) in [6.07, 6.45) is 1.78. The molecule has 116 valence electrons. The van der Waals surface area contributed by atoms with Crippen LogP contribution in [0.1, 0.15) is 19.8 Å². The van der Waals surface area contributed by atoms with Gasteiger partial charge in [0.15, 0.2) is 0 Å². The molecule has 0 saturated heterocycles. The van der Waals surface area contributed by atoms with Crippen LogP contribution in [-0.2, 0) is 14.5 Å². The summed E-state index contributed by atoms with van der Waals surface area (Å²) in [7, 11) is 0. The van der Waals surface area contributed by atoms with Gasteiger partial charge in [0.2, 0.25) is 5.88 Å². The maximum atomic E-state index is 10.7. The van der Waals surface area contributed by atoms with E-state index in [1.807, 2.05) is 6.92 Å². The number of carboxylic acids is 2. The number of hydrogen-bond acceptors (Lipinski definition) is 6. The lowest BCUT2D eigenvalue weighted by Crippen LogP contribution is -2.40. The third kappa shape index (κ3) is 8.33. The van der Waals surface area contributed by atoms with E-state index in [0.29, 0.717) is 13.1 Å². The van der Waals surface area contributed by atoms with E-state index in [1.54, 1.807) is 4.90 Å². The van der Waals surface area contributed by atoms with Crippen LogP contribution in [0.15, 0.2) is 12.5 Å². The molecule has 0 fully saturated rings. The lowest BCUT2D eigenvalue weighted by atomic mass is 10.3. The van der Waals surface area contributed by atoms with Gasteiger partial charge in [-0.15, -0.1) is 0 Å². The molecule has 0 heterocycles. The van der Waals surface area contributed by atoms with Crippen molar-refractivity contribution in [3.05, 3.63) is 12.5 Å². The van der Waals surface area contributed by atoms with E-state index in [1.165, 1.54) is 4.90 Å². The predicted molar refractivity (Wildman–Crippen MR) is 71.0 cm³/mol. The van der Waals surface area contributed by atoms with Gasteiger partial charge >= 0.3 is 11.9 Å². The van der Waals surface area contributed by atoms with Gasteiger partial charge in [0, 0.05) is 19.6 Å². The van der Waals surface area contributed by atoms with Crippen molar-refractivity contribution in [2.45, 2.75) is 19.8 Å². The van der Waals surface area contributed by atoms with E-state index in [-0.39, 0.29) is 25.5 Å². The fraction of sp³-hybridized carbons (Fsp3) is 0.667. The Hall–Kier alpha value is -1.80. The molecule has 0 aromatic heterocycles. The van der Waals surface area contributed by atoms with Gasteiger partial charge in [-0.1, -0.05) is 13.3 Å². The number of carbonyl (C=O) groups is 2. The molecule has 0 aliphatic heterocycles. The van der Waals surface area contributed by atoms with E-state index < -0.39 is 11.9 Å². The molecule has 0 unspecified atom stereocenters. The van der Waals surface area contributed by atoms with Crippen molar-refractivity contribution in [2.75, 3.05) is 32.7 Å². The van der Waals surface area contributed by atoms with Crippen LogP contribution in [-0.4, -0.2) is 69.9 Å². The normalized spacial score (nSPS) is 10.3. The Labute approximate surface area is 117 Å². The van der Waals surface area contributed by atoms with Crippen molar-refractivity contribution in [3.8, 4) is 0 Å². The summed E-state index contributed by atoms with van der Waals surface area (Å²) in [6.45, 7) is 5.93. The van der Waals surface area contributed by atoms with Crippen LogP contribution in [0.3, 0.4) is 0 Å². The van der Waals surface area contributed by atoms with Crippen LogP contribution < -0.4 is 0 Å². The van der Waals surface area contributed by atoms with Gasteiger partial charge in [-0.3, -0.25) is 14.5 Å². The first-order valence-electron chi connectivity index (χ1n) is 6.31. The quantitative estimate of drug-likeness (QED) is 0.271. The van der Waals surface area contributed by atoms with Crippen LogP contribution in [0.4, 0.5) is 0 Å². The molecule has 0 aromatic rings. The third-order valence-electron chi connectivity index (χ3n) is 2.64. The van der Waals surface area contributed by atoms with E-state index in [4.69, 9.17) is 15.5 Å². The number of hydrogen-bond donors (Lipinski definition) is 3. The molecule has 0 aliphatic carbocycles. The molecule has 0 amide bonds. The van der Waals surface area contributed by atoms with E-state index in [9.17, 15) is 9.59 Å². The van der Waals surface area contributed by atoms with Crippen molar-refractivity contribution in [2.24, 2.45) is 0 Å². The number of unbranched alkanes of at least 4 members (excludes halogenated alkanes) is 1. The number of carboxylic acid groups (broad SMARTS) is 2. The van der Waals surface area contributed by atoms with E-state index in [0.717, 1.165) is 12.8 Å². The summed E-state index contributed by atoms with van der Waals surface area (Å²) < 4.78 is 0. The standard InChI is InChI=1S/C12H22N2O6/c1-3-4-5-14(10(2)20-19)7-6-13(8-11(15)16)9-12(17)18/h19H,2-9H2,1H3,(H,15,16)(H,17,18). The molecule has 0 atom stereocenters. The Kier molecular flexibility index (Phi) is 9.14. The lowest BCUT2D eigenvalue weighted by molar-refractivity contribution is -0.224. The van der Waals surface area contributed by atoms with Crippen molar-refractivity contribution in [1.82, 2.24) is 9.80 Å². The fourth-order valence-corrected chi connectivity index (χ4v) is 1.63. The Balaban J connectivity index is 4.46. The summed E-state index contributed by atoms with van der Waals surface area (Å²) in [5.74, 6) is -2.13. The highest BCUT2D eigenvalue weighted by Crippen LogP contribution is 2.05.